The molecule has 0 heterocycles. The molecular weight excluding hydrogens is 160 g/mol. The van der Waals surface area contributed by atoms with Crippen molar-refractivity contribution in [2.75, 3.05) is 20.6 Å². The lowest BCUT2D eigenvalue weighted by Crippen LogP contribution is -2.43. The Morgan fingerprint density at radius 3 is 1.62 bits per heavy atom. The second kappa shape index (κ2) is 5.61. The van der Waals surface area contributed by atoms with Crippen LogP contribution in [0.3, 0.4) is 0 Å². The van der Waals surface area contributed by atoms with Crippen molar-refractivity contribution in [2.45, 2.75) is 52.7 Å². The van der Waals surface area contributed by atoms with E-state index < -0.39 is 0 Å². The van der Waals surface area contributed by atoms with Gasteiger partial charge in [-0.1, -0.05) is 0 Å². The van der Waals surface area contributed by atoms with Gasteiger partial charge in [0.15, 0.2) is 0 Å². The van der Waals surface area contributed by atoms with Crippen LogP contribution in [0.25, 0.3) is 0 Å². The Hall–Kier alpha value is -0.0800. The van der Waals surface area contributed by atoms with Gasteiger partial charge in [-0.25, -0.2) is 0 Å². The molecule has 0 aromatic carbocycles. The zero-order chi connectivity index (χ0) is 10.6. The van der Waals surface area contributed by atoms with Crippen LogP contribution in [0.4, 0.5) is 0 Å². The Morgan fingerprint density at radius 2 is 1.31 bits per heavy atom. The van der Waals surface area contributed by atoms with Gasteiger partial charge in [-0.15, -0.1) is 0 Å². The second-order valence-corrected chi connectivity index (χ2v) is 4.64. The van der Waals surface area contributed by atoms with Crippen LogP contribution in [0.5, 0.6) is 0 Å². The number of rotatable bonds is 5. The number of likely N-dealkylation sites (N-methyl/N-ethyl adjacent to an activating group) is 2. The fourth-order valence-corrected chi connectivity index (χ4v) is 1.27. The van der Waals surface area contributed by atoms with E-state index in [-0.39, 0.29) is 0 Å². The molecule has 0 aliphatic heterocycles. The minimum absolute atomic E-state index is 0.632. The molecule has 0 amide bonds. The van der Waals surface area contributed by atoms with E-state index in [2.05, 4.69) is 58.5 Å². The molecule has 0 bridgehead atoms. The van der Waals surface area contributed by atoms with Gasteiger partial charge in [-0.3, -0.25) is 0 Å². The highest BCUT2D eigenvalue weighted by Crippen LogP contribution is 2.04. The van der Waals surface area contributed by atoms with Crippen LogP contribution < -0.4 is 0 Å². The van der Waals surface area contributed by atoms with Crippen molar-refractivity contribution in [1.82, 2.24) is 9.80 Å². The molecule has 1 atom stereocenters. The maximum Gasteiger partial charge on any atom is 0.0194 e. The third-order valence-corrected chi connectivity index (χ3v) is 2.94. The summed E-state index contributed by atoms with van der Waals surface area (Å²) < 4.78 is 0. The van der Waals surface area contributed by atoms with E-state index in [9.17, 15) is 0 Å². The normalized spacial score (nSPS) is 15.0. The van der Waals surface area contributed by atoms with E-state index in [1.54, 1.807) is 0 Å². The quantitative estimate of drug-likeness (QED) is 0.648. The first-order chi connectivity index (χ1) is 5.86. The second-order valence-electron chi connectivity index (χ2n) is 4.64. The molecule has 0 aromatic heterocycles. The van der Waals surface area contributed by atoms with Crippen LogP contribution in [-0.2, 0) is 0 Å². The lowest BCUT2D eigenvalue weighted by Gasteiger charge is -2.33. The molecule has 0 aliphatic rings. The largest absolute Gasteiger partial charge is 0.302 e. The molecule has 0 radical (unpaired) electrons. The summed E-state index contributed by atoms with van der Waals surface area (Å²) in [5, 5.41) is 0. The minimum atomic E-state index is 0.632. The molecule has 13 heavy (non-hydrogen) atoms. The minimum Gasteiger partial charge on any atom is -0.302 e. The highest BCUT2D eigenvalue weighted by Gasteiger charge is 2.15. The molecule has 80 valence electrons. The summed E-state index contributed by atoms with van der Waals surface area (Å²) in [6.07, 6.45) is 0. The van der Waals surface area contributed by atoms with Gasteiger partial charge in [0.25, 0.3) is 0 Å². The van der Waals surface area contributed by atoms with Crippen LogP contribution in [0.2, 0.25) is 0 Å². The van der Waals surface area contributed by atoms with E-state index in [0.29, 0.717) is 18.1 Å². The monoisotopic (exact) mass is 186 g/mol. The highest BCUT2D eigenvalue weighted by molar-refractivity contribution is 4.71. The molecule has 0 saturated heterocycles. The molecule has 0 rings (SSSR count). The van der Waals surface area contributed by atoms with Gasteiger partial charge in [0.05, 0.1) is 0 Å². The summed E-state index contributed by atoms with van der Waals surface area (Å²) in [5.41, 5.74) is 0. The topological polar surface area (TPSA) is 6.48 Å². The maximum atomic E-state index is 2.42. The van der Waals surface area contributed by atoms with Crippen molar-refractivity contribution in [3.05, 3.63) is 0 Å². The maximum absolute atomic E-state index is 2.42. The lowest BCUT2D eigenvalue weighted by molar-refractivity contribution is 0.146. The van der Waals surface area contributed by atoms with E-state index in [1.807, 2.05) is 0 Å². The summed E-state index contributed by atoms with van der Waals surface area (Å²) in [4.78, 5) is 4.81. The van der Waals surface area contributed by atoms with Crippen molar-refractivity contribution in [2.24, 2.45) is 0 Å². The first-order valence-electron chi connectivity index (χ1n) is 5.28. The van der Waals surface area contributed by atoms with Crippen molar-refractivity contribution >= 4 is 0 Å². The molecule has 2 nitrogen and oxygen atoms in total. The van der Waals surface area contributed by atoms with Crippen LogP contribution in [0, 0.1) is 0 Å². The van der Waals surface area contributed by atoms with E-state index in [4.69, 9.17) is 0 Å². The molecule has 0 spiro atoms. The van der Waals surface area contributed by atoms with Crippen molar-refractivity contribution in [3.8, 4) is 0 Å². The number of hydrogen-bond donors (Lipinski definition) is 0. The van der Waals surface area contributed by atoms with Gasteiger partial charge in [0.1, 0.15) is 0 Å². The smallest absolute Gasteiger partial charge is 0.0194 e. The van der Waals surface area contributed by atoms with E-state index in [0.717, 1.165) is 6.54 Å². The Balaban J connectivity index is 3.92. The Morgan fingerprint density at radius 1 is 0.846 bits per heavy atom. The van der Waals surface area contributed by atoms with Gasteiger partial charge >= 0.3 is 0 Å². The fraction of sp³-hybridized carbons (Fsp3) is 1.00. The third-order valence-electron chi connectivity index (χ3n) is 2.94. The van der Waals surface area contributed by atoms with E-state index in [1.165, 1.54) is 0 Å². The van der Waals surface area contributed by atoms with Gasteiger partial charge < -0.3 is 9.80 Å². The molecule has 0 N–H and O–H groups in total. The lowest BCUT2D eigenvalue weighted by atomic mass is 10.2. The molecule has 0 saturated carbocycles. The summed E-state index contributed by atoms with van der Waals surface area (Å²) in [6, 6.07) is 1.91. The Labute approximate surface area is 83.9 Å². The van der Waals surface area contributed by atoms with Crippen LogP contribution in [0.15, 0.2) is 0 Å². The summed E-state index contributed by atoms with van der Waals surface area (Å²) >= 11 is 0. The number of hydrogen-bond acceptors (Lipinski definition) is 2. The van der Waals surface area contributed by atoms with Gasteiger partial charge in [-0.2, -0.15) is 0 Å². The van der Waals surface area contributed by atoms with Crippen LogP contribution in [-0.4, -0.2) is 48.6 Å². The van der Waals surface area contributed by atoms with Crippen molar-refractivity contribution in [1.29, 1.82) is 0 Å². The summed E-state index contributed by atoms with van der Waals surface area (Å²) in [7, 11) is 4.39. The molecule has 2 heteroatoms. The number of nitrogens with zero attached hydrogens (tertiary/aromatic N) is 2. The average Bonchev–Trinajstić information content (AvgIpc) is 2.02. The molecule has 0 aromatic rings. The van der Waals surface area contributed by atoms with Gasteiger partial charge in [0.2, 0.25) is 0 Å². The fourth-order valence-electron chi connectivity index (χ4n) is 1.27. The standard InChI is InChI=1S/C11H26N2/c1-9(2)12(6)8-11(5)13(7)10(3)4/h9-11H,8H2,1-7H3. The molecular formula is C11H26N2. The molecule has 0 fully saturated rings. The Kier molecular flexibility index (Phi) is 5.57. The highest BCUT2D eigenvalue weighted by atomic mass is 15.2. The van der Waals surface area contributed by atoms with Gasteiger partial charge in [0, 0.05) is 24.7 Å². The molecule has 1 unspecified atom stereocenters. The average molecular weight is 186 g/mol. The van der Waals surface area contributed by atoms with Crippen LogP contribution in [0.1, 0.15) is 34.6 Å². The predicted molar refractivity (Wildman–Crippen MR) is 60.1 cm³/mol. The predicted octanol–water partition coefficient (Wildman–Crippen LogP) is 2.06. The SMILES string of the molecule is CC(C)N(C)CC(C)N(C)C(C)C. The van der Waals surface area contributed by atoms with E-state index >= 15 is 0 Å². The third kappa shape index (κ3) is 4.63. The summed E-state index contributed by atoms with van der Waals surface area (Å²) in [5.74, 6) is 0. The Bertz CT molecular complexity index is 132. The van der Waals surface area contributed by atoms with Crippen molar-refractivity contribution in [3.63, 3.8) is 0 Å². The molecule has 0 aliphatic carbocycles. The van der Waals surface area contributed by atoms with Crippen molar-refractivity contribution < 1.29 is 0 Å². The van der Waals surface area contributed by atoms with Crippen LogP contribution >= 0.6 is 0 Å². The first-order valence-corrected chi connectivity index (χ1v) is 5.28. The zero-order valence-corrected chi connectivity index (χ0v) is 10.3. The zero-order valence-electron chi connectivity index (χ0n) is 10.3. The first kappa shape index (κ1) is 12.9. The summed E-state index contributed by atoms with van der Waals surface area (Å²) in [6.45, 7) is 12.4. The van der Waals surface area contributed by atoms with Gasteiger partial charge in [-0.05, 0) is 48.7 Å².